The fraction of sp³-hybridized carbons (Fsp3) is 0.333. The van der Waals surface area contributed by atoms with Crippen LogP contribution in [0.5, 0.6) is 5.75 Å². The molecule has 0 atom stereocenters. The highest BCUT2D eigenvalue weighted by atomic mass is 19.4. The van der Waals surface area contributed by atoms with Gasteiger partial charge in [0.15, 0.2) is 5.69 Å². The van der Waals surface area contributed by atoms with Crippen molar-refractivity contribution in [2.24, 2.45) is 0 Å². The van der Waals surface area contributed by atoms with Crippen LogP contribution in [-0.2, 0) is 30.5 Å². The third-order valence-corrected chi connectivity index (χ3v) is 4.94. The van der Waals surface area contributed by atoms with Gasteiger partial charge in [0.1, 0.15) is 12.0 Å². The second-order valence-electron chi connectivity index (χ2n) is 7.57. The van der Waals surface area contributed by atoms with Gasteiger partial charge >= 0.3 is 6.18 Å². The molecule has 0 spiro atoms. The van der Waals surface area contributed by atoms with Crippen LogP contribution in [0.2, 0.25) is 0 Å². The summed E-state index contributed by atoms with van der Waals surface area (Å²) in [6.45, 7) is 1.47. The smallest absolute Gasteiger partial charge is 0.416 e. The predicted molar refractivity (Wildman–Crippen MR) is 118 cm³/mol. The standard InChI is InChI=1S/C24H26F3N3O4/c1-32-10-9-28-23(31)21-16-34-22(29-21)15-30(14-18-6-4-8-20(12-18)33-2)13-17-5-3-7-19(11-17)24(25,26)27/h3-8,11-12,16H,9-10,13-15H2,1-2H3,(H,28,31). The molecular formula is C24H26F3N3O4. The number of carbonyl (C=O) groups is 1. The molecule has 0 aliphatic heterocycles. The minimum atomic E-state index is -4.43. The molecule has 1 heterocycles. The van der Waals surface area contributed by atoms with Gasteiger partial charge in [-0.15, -0.1) is 0 Å². The number of alkyl halides is 3. The van der Waals surface area contributed by atoms with Gasteiger partial charge in [-0.1, -0.05) is 30.3 Å². The number of benzene rings is 2. The van der Waals surface area contributed by atoms with E-state index >= 15 is 0 Å². The van der Waals surface area contributed by atoms with E-state index in [-0.39, 0.29) is 24.7 Å². The van der Waals surface area contributed by atoms with E-state index in [1.54, 1.807) is 13.2 Å². The van der Waals surface area contributed by atoms with Crippen molar-refractivity contribution in [2.75, 3.05) is 27.4 Å². The lowest BCUT2D eigenvalue weighted by Gasteiger charge is -2.22. The van der Waals surface area contributed by atoms with Crippen molar-refractivity contribution in [3.05, 3.63) is 83.1 Å². The number of oxazole rings is 1. The van der Waals surface area contributed by atoms with Crippen molar-refractivity contribution < 1.29 is 31.9 Å². The van der Waals surface area contributed by atoms with Crippen LogP contribution in [0.15, 0.2) is 59.2 Å². The first-order valence-electron chi connectivity index (χ1n) is 10.5. The highest BCUT2D eigenvalue weighted by Crippen LogP contribution is 2.30. The molecule has 0 bridgehead atoms. The third-order valence-electron chi connectivity index (χ3n) is 4.94. The summed E-state index contributed by atoms with van der Waals surface area (Å²) < 4.78 is 55.2. The maximum atomic E-state index is 13.2. The lowest BCUT2D eigenvalue weighted by Crippen LogP contribution is -2.27. The van der Waals surface area contributed by atoms with Crippen LogP contribution in [0.25, 0.3) is 0 Å². The summed E-state index contributed by atoms with van der Waals surface area (Å²) in [7, 11) is 3.09. The Morgan fingerprint density at radius 1 is 1.06 bits per heavy atom. The molecule has 2 aromatic carbocycles. The number of ether oxygens (including phenoxy) is 2. The van der Waals surface area contributed by atoms with Gasteiger partial charge < -0.3 is 19.2 Å². The van der Waals surface area contributed by atoms with E-state index in [4.69, 9.17) is 13.9 Å². The highest BCUT2D eigenvalue weighted by molar-refractivity contribution is 5.91. The van der Waals surface area contributed by atoms with E-state index < -0.39 is 17.6 Å². The maximum absolute atomic E-state index is 13.2. The summed E-state index contributed by atoms with van der Waals surface area (Å²) in [6.07, 6.45) is -3.17. The Hall–Kier alpha value is -3.37. The van der Waals surface area contributed by atoms with E-state index in [1.165, 1.54) is 19.4 Å². The summed E-state index contributed by atoms with van der Waals surface area (Å²) in [5.41, 5.74) is 0.793. The summed E-state index contributed by atoms with van der Waals surface area (Å²) in [4.78, 5) is 18.3. The zero-order valence-electron chi connectivity index (χ0n) is 18.9. The number of rotatable bonds is 11. The summed E-state index contributed by atoms with van der Waals surface area (Å²) in [6, 6.07) is 12.6. The van der Waals surface area contributed by atoms with Crippen LogP contribution in [0.4, 0.5) is 13.2 Å². The van der Waals surface area contributed by atoms with Crippen molar-refractivity contribution in [3.8, 4) is 5.75 Å². The van der Waals surface area contributed by atoms with Gasteiger partial charge in [0, 0.05) is 26.7 Å². The quantitative estimate of drug-likeness (QED) is 0.416. The van der Waals surface area contributed by atoms with E-state index in [2.05, 4.69) is 10.3 Å². The fourth-order valence-corrected chi connectivity index (χ4v) is 3.34. The molecule has 34 heavy (non-hydrogen) atoms. The molecule has 0 radical (unpaired) electrons. The molecule has 0 aliphatic carbocycles. The second kappa shape index (κ2) is 11.7. The number of carbonyl (C=O) groups excluding carboxylic acids is 1. The zero-order chi connectivity index (χ0) is 24.6. The number of nitrogens with one attached hydrogen (secondary N) is 1. The van der Waals surface area contributed by atoms with E-state index in [0.29, 0.717) is 31.0 Å². The minimum absolute atomic E-state index is 0.117. The number of hydrogen-bond donors (Lipinski definition) is 1. The molecule has 10 heteroatoms. The molecule has 0 saturated heterocycles. The van der Waals surface area contributed by atoms with Crippen LogP contribution in [0, 0.1) is 0 Å². The fourth-order valence-electron chi connectivity index (χ4n) is 3.34. The maximum Gasteiger partial charge on any atom is 0.416 e. The van der Waals surface area contributed by atoms with Gasteiger partial charge in [-0.3, -0.25) is 9.69 Å². The number of hydrogen-bond acceptors (Lipinski definition) is 6. The van der Waals surface area contributed by atoms with Gasteiger partial charge in [-0.05, 0) is 29.3 Å². The second-order valence-corrected chi connectivity index (χ2v) is 7.57. The number of halogens is 3. The van der Waals surface area contributed by atoms with Crippen LogP contribution in [-0.4, -0.2) is 43.2 Å². The number of methoxy groups -OCH3 is 2. The van der Waals surface area contributed by atoms with Gasteiger partial charge in [0.2, 0.25) is 5.89 Å². The third kappa shape index (κ3) is 7.32. The summed E-state index contributed by atoms with van der Waals surface area (Å²) in [5, 5.41) is 2.66. The molecule has 0 saturated carbocycles. The summed E-state index contributed by atoms with van der Waals surface area (Å²) in [5.74, 6) is 0.540. The molecule has 7 nitrogen and oxygen atoms in total. The van der Waals surface area contributed by atoms with Gasteiger partial charge in [-0.2, -0.15) is 13.2 Å². The average Bonchev–Trinajstić information content (AvgIpc) is 3.27. The van der Waals surface area contributed by atoms with Gasteiger partial charge in [-0.25, -0.2) is 4.98 Å². The van der Waals surface area contributed by atoms with E-state index in [1.807, 2.05) is 29.2 Å². The molecule has 1 N–H and O–H groups in total. The van der Waals surface area contributed by atoms with Gasteiger partial charge in [0.25, 0.3) is 5.91 Å². The van der Waals surface area contributed by atoms with Crippen LogP contribution in [0.1, 0.15) is 33.1 Å². The number of nitrogens with zero attached hydrogens (tertiary/aromatic N) is 2. The van der Waals surface area contributed by atoms with Crippen molar-refractivity contribution in [3.63, 3.8) is 0 Å². The first-order valence-corrected chi connectivity index (χ1v) is 10.5. The van der Waals surface area contributed by atoms with Crippen molar-refractivity contribution >= 4 is 5.91 Å². The minimum Gasteiger partial charge on any atom is -0.497 e. The molecule has 1 amide bonds. The molecule has 0 aliphatic rings. The number of amides is 1. The molecule has 3 rings (SSSR count). The van der Waals surface area contributed by atoms with Crippen LogP contribution >= 0.6 is 0 Å². The average molecular weight is 477 g/mol. The van der Waals surface area contributed by atoms with Crippen molar-refractivity contribution in [1.29, 1.82) is 0 Å². The molecule has 182 valence electrons. The van der Waals surface area contributed by atoms with Crippen LogP contribution < -0.4 is 10.1 Å². The zero-order valence-corrected chi connectivity index (χ0v) is 18.9. The van der Waals surface area contributed by atoms with Crippen molar-refractivity contribution in [2.45, 2.75) is 25.8 Å². The molecule has 3 aromatic rings. The van der Waals surface area contributed by atoms with Crippen LogP contribution in [0.3, 0.4) is 0 Å². The Balaban J connectivity index is 1.79. The lowest BCUT2D eigenvalue weighted by molar-refractivity contribution is -0.137. The Kier molecular flexibility index (Phi) is 8.67. The molecule has 1 aromatic heterocycles. The Bertz CT molecular complexity index is 1090. The number of aromatic nitrogens is 1. The first-order chi connectivity index (χ1) is 16.3. The highest BCUT2D eigenvalue weighted by Gasteiger charge is 2.30. The van der Waals surface area contributed by atoms with E-state index in [9.17, 15) is 18.0 Å². The Morgan fingerprint density at radius 2 is 1.76 bits per heavy atom. The topological polar surface area (TPSA) is 76.8 Å². The molecule has 0 fully saturated rings. The van der Waals surface area contributed by atoms with Crippen molar-refractivity contribution in [1.82, 2.24) is 15.2 Å². The Morgan fingerprint density at radius 3 is 2.44 bits per heavy atom. The van der Waals surface area contributed by atoms with E-state index in [0.717, 1.165) is 17.7 Å². The molecular weight excluding hydrogens is 451 g/mol. The predicted octanol–water partition coefficient (Wildman–Crippen LogP) is 4.28. The molecule has 0 unspecified atom stereocenters. The summed E-state index contributed by atoms with van der Waals surface area (Å²) >= 11 is 0. The Labute approximate surface area is 195 Å². The largest absolute Gasteiger partial charge is 0.497 e. The first kappa shape index (κ1) is 25.3. The SMILES string of the molecule is COCCNC(=O)c1coc(CN(Cc2cccc(OC)c2)Cc2cccc(C(F)(F)F)c2)n1. The lowest BCUT2D eigenvalue weighted by atomic mass is 10.1. The monoisotopic (exact) mass is 477 g/mol. The van der Waals surface area contributed by atoms with Gasteiger partial charge in [0.05, 0.1) is 25.8 Å². The normalized spacial score (nSPS) is 11.6.